The van der Waals surface area contributed by atoms with Crippen LogP contribution in [-0.4, -0.2) is 27.6 Å². The number of halogens is 2. The molecule has 1 aromatic rings. The van der Waals surface area contributed by atoms with E-state index in [4.69, 9.17) is 27.9 Å². The largest absolute Gasteiger partial charge is 0.441 e. The molecule has 1 saturated carbocycles. The summed E-state index contributed by atoms with van der Waals surface area (Å²) in [5.41, 5.74) is 0.476. The van der Waals surface area contributed by atoms with Crippen molar-refractivity contribution in [3.8, 4) is 0 Å². The highest BCUT2D eigenvalue weighted by Gasteiger charge is 2.40. The Kier molecular flexibility index (Phi) is 4.69. The van der Waals surface area contributed by atoms with Crippen molar-refractivity contribution in [3.63, 3.8) is 0 Å². The van der Waals surface area contributed by atoms with Crippen LogP contribution in [0.5, 0.6) is 0 Å². The average molecular weight is 331 g/mol. The Morgan fingerprint density at radius 3 is 2.29 bits per heavy atom. The summed E-state index contributed by atoms with van der Waals surface area (Å²) in [4.78, 5) is 18.1. The molecule has 1 aliphatic carbocycles. The quantitative estimate of drug-likeness (QED) is 0.744. The van der Waals surface area contributed by atoms with Crippen LogP contribution in [0.1, 0.15) is 52.2 Å². The van der Waals surface area contributed by atoms with Crippen molar-refractivity contribution in [2.75, 3.05) is 0 Å². The van der Waals surface area contributed by atoms with Gasteiger partial charge in [-0.3, -0.25) is 0 Å². The monoisotopic (exact) mass is 330 g/mol. The maximum Gasteiger partial charge on any atom is 0.411 e. The van der Waals surface area contributed by atoms with E-state index in [1.807, 2.05) is 25.7 Å². The van der Waals surface area contributed by atoms with E-state index in [1.54, 1.807) is 19.1 Å². The number of hydrogen-bond donors (Lipinski definition) is 0. The normalized spacial score (nSPS) is 16.5. The van der Waals surface area contributed by atoms with Gasteiger partial charge >= 0.3 is 6.09 Å². The Morgan fingerprint density at radius 1 is 1.33 bits per heavy atom. The lowest BCUT2D eigenvalue weighted by Crippen LogP contribution is -2.47. The third-order valence-electron chi connectivity index (χ3n) is 3.36. The van der Waals surface area contributed by atoms with E-state index in [0.29, 0.717) is 0 Å². The van der Waals surface area contributed by atoms with Gasteiger partial charge in [0.1, 0.15) is 16.4 Å². The lowest BCUT2D eigenvalue weighted by Gasteiger charge is -2.35. The zero-order valence-electron chi connectivity index (χ0n) is 12.7. The molecule has 4 nitrogen and oxygen atoms in total. The second kappa shape index (κ2) is 6.01. The molecule has 0 spiro atoms. The Morgan fingerprint density at radius 2 is 1.86 bits per heavy atom. The topological polar surface area (TPSA) is 42.4 Å². The number of hydrogen-bond acceptors (Lipinski definition) is 3. The molecule has 1 fully saturated rings. The number of carbonyl (C=O) groups is 1. The first-order valence-electron chi connectivity index (χ1n) is 7.01. The first-order chi connectivity index (χ1) is 9.68. The Hall–Kier alpha value is -1.00. The van der Waals surface area contributed by atoms with Crippen LogP contribution in [-0.2, 0) is 4.74 Å². The van der Waals surface area contributed by atoms with Gasteiger partial charge in [-0.25, -0.2) is 9.78 Å². The molecule has 21 heavy (non-hydrogen) atoms. The van der Waals surface area contributed by atoms with E-state index in [-0.39, 0.29) is 28.0 Å². The molecule has 0 bridgehead atoms. The van der Waals surface area contributed by atoms with Crippen LogP contribution in [0.15, 0.2) is 12.1 Å². The van der Waals surface area contributed by atoms with Crippen LogP contribution in [0.4, 0.5) is 4.79 Å². The van der Waals surface area contributed by atoms with E-state index < -0.39 is 6.10 Å². The smallest absolute Gasteiger partial charge is 0.411 e. The summed E-state index contributed by atoms with van der Waals surface area (Å²) in [5, 5.41) is 0.575. The number of amides is 1. The zero-order chi connectivity index (χ0) is 15.8. The summed E-state index contributed by atoms with van der Waals surface area (Å²) >= 11 is 11.8. The fourth-order valence-corrected chi connectivity index (χ4v) is 2.77. The van der Waals surface area contributed by atoms with Crippen molar-refractivity contribution < 1.29 is 9.53 Å². The lowest BCUT2D eigenvalue weighted by atomic mass is 10.1. The predicted octanol–water partition coefficient (Wildman–Crippen LogP) is 4.85. The van der Waals surface area contributed by atoms with Crippen LogP contribution in [0.2, 0.25) is 10.3 Å². The molecule has 0 saturated heterocycles. The highest BCUT2D eigenvalue weighted by molar-refractivity contribution is 6.32. The third-order valence-corrected chi connectivity index (χ3v) is 3.75. The van der Waals surface area contributed by atoms with Crippen molar-refractivity contribution >= 4 is 29.3 Å². The van der Waals surface area contributed by atoms with Gasteiger partial charge in [-0.1, -0.05) is 23.2 Å². The van der Waals surface area contributed by atoms with Gasteiger partial charge in [0.2, 0.25) is 0 Å². The summed E-state index contributed by atoms with van der Waals surface area (Å²) in [6.07, 6.45) is 1.34. The highest BCUT2D eigenvalue weighted by atomic mass is 35.5. The molecule has 6 heteroatoms. The predicted molar refractivity (Wildman–Crippen MR) is 83.8 cm³/mol. The van der Waals surface area contributed by atoms with Gasteiger partial charge in [-0.05, 0) is 58.2 Å². The van der Waals surface area contributed by atoms with Crippen LogP contribution < -0.4 is 0 Å². The van der Waals surface area contributed by atoms with E-state index in [9.17, 15) is 4.79 Å². The molecular weight excluding hydrogens is 311 g/mol. The molecule has 1 heterocycles. The molecule has 1 atom stereocenters. The second-order valence-corrected chi connectivity index (χ2v) is 7.12. The van der Waals surface area contributed by atoms with Crippen LogP contribution >= 0.6 is 23.2 Å². The molecule has 116 valence electrons. The summed E-state index contributed by atoms with van der Waals surface area (Å²) in [5.74, 6) is 0. The van der Waals surface area contributed by atoms with Crippen molar-refractivity contribution in [1.29, 1.82) is 0 Å². The van der Waals surface area contributed by atoms with Gasteiger partial charge in [0.25, 0.3) is 0 Å². The molecule has 2 rings (SSSR count). The molecule has 1 unspecified atom stereocenters. The maximum atomic E-state index is 12.4. The van der Waals surface area contributed by atoms with E-state index in [0.717, 1.165) is 18.4 Å². The van der Waals surface area contributed by atoms with Crippen LogP contribution in [0.3, 0.4) is 0 Å². The number of ether oxygens (including phenoxy) is 1. The minimum atomic E-state index is -0.431. The lowest BCUT2D eigenvalue weighted by molar-refractivity contribution is 0.0388. The van der Waals surface area contributed by atoms with Crippen molar-refractivity contribution in [3.05, 3.63) is 28.0 Å². The van der Waals surface area contributed by atoms with Gasteiger partial charge in [-0.15, -0.1) is 0 Å². The highest BCUT2D eigenvalue weighted by Crippen LogP contribution is 2.34. The van der Waals surface area contributed by atoms with Crippen molar-refractivity contribution in [2.24, 2.45) is 0 Å². The van der Waals surface area contributed by atoms with Gasteiger partial charge in [0, 0.05) is 11.6 Å². The van der Waals surface area contributed by atoms with E-state index >= 15 is 0 Å². The van der Waals surface area contributed by atoms with Gasteiger partial charge in [0.05, 0.1) is 0 Å². The first kappa shape index (κ1) is 16.4. The fraction of sp³-hybridized carbons (Fsp3) is 0.600. The molecule has 0 radical (unpaired) electrons. The van der Waals surface area contributed by atoms with Gasteiger partial charge in [-0.2, -0.15) is 0 Å². The number of rotatable bonds is 3. The summed E-state index contributed by atoms with van der Waals surface area (Å²) in [6.45, 7) is 7.83. The van der Waals surface area contributed by atoms with E-state index in [2.05, 4.69) is 4.98 Å². The molecular formula is C15H20Cl2N2O2. The van der Waals surface area contributed by atoms with Gasteiger partial charge < -0.3 is 9.64 Å². The Labute approximate surface area is 135 Å². The fourth-order valence-electron chi connectivity index (χ4n) is 2.30. The van der Waals surface area contributed by atoms with Gasteiger partial charge in [0.15, 0.2) is 0 Å². The number of carbonyl (C=O) groups excluding carboxylic acids is 1. The Bertz CT molecular complexity index is 519. The van der Waals surface area contributed by atoms with Crippen LogP contribution in [0.25, 0.3) is 0 Å². The summed E-state index contributed by atoms with van der Waals surface area (Å²) in [7, 11) is 0. The minimum Gasteiger partial charge on any atom is -0.441 e. The standard InChI is InChI=1S/C15H20Cl2N2O2/c1-9(10-7-12(16)18-13(17)8-10)21-14(20)19(11-5-6-11)15(2,3)4/h7-9,11H,5-6H2,1-4H3. The van der Waals surface area contributed by atoms with Crippen LogP contribution in [0, 0.1) is 0 Å². The Balaban J connectivity index is 2.10. The molecule has 1 aliphatic rings. The van der Waals surface area contributed by atoms with E-state index in [1.165, 1.54) is 0 Å². The summed E-state index contributed by atoms with van der Waals surface area (Å²) in [6, 6.07) is 3.60. The SMILES string of the molecule is CC(OC(=O)N(C1CC1)C(C)(C)C)c1cc(Cl)nc(Cl)c1. The zero-order valence-corrected chi connectivity index (χ0v) is 14.2. The molecule has 1 amide bonds. The first-order valence-corrected chi connectivity index (χ1v) is 7.77. The molecule has 0 N–H and O–H groups in total. The van der Waals surface area contributed by atoms with Crippen molar-refractivity contribution in [2.45, 2.75) is 58.2 Å². The molecule has 0 aliphatic heterocycles. The summed E-state index contributed by atoms with van der Waals surface area (Å²) < 4.78 is 5.58. The molecule has 1 aromatic heterocycles. The third kappa shape index (κ3) is 4.24. The number of aromatic nitrogens is 1. The average Bonchev–Trinajstić information content (AvgIpc) is 3.09. The number of pyridine rings is 1. The number of nitrogens with zero attached hydrogens (tertiary/aromatic N) is 2. The van der Waals surface area contributed by atoms with Crippen molar-refractivity contribution in [1.82, 2.24) is 9.88 Å². The second-order valence-electron chi connectivity index (χ2n) is 6.34. The maximum absolute atomic E-state index is 12.4. The minimum absolute atomic E-state index is 0.258. The molecule has 0 aromatic carbocycles.